The van der Waals surface area contributed by atoms with Gasteiger partial charge in [-0.3, -0.25) is 14.3 Å². The predicted octanol–water partition coefficient (Wildman–Crippen LogP) is 4.60. The van der Waals surface area contributed by atoms with E-state index in [1.165, 1.54) is 11.8 Å². The molecule has 1 amide bonds. The molecule has 156 valence electrons. The molecule has 0 atom stereocenters. The number of pyridine rings is 1. The van der Waals surface area contributed by atoms with Crippen molar-refractivity contribution in [1.82, 2.24) is 25.2 Å². The molecule has 0 spiro atoms. The van der Waals surface area contributed by atoms with Crippen molar-refractivity contribution in [3.8, 4) is 17.1 Å². The van der Waals surface area contributed by atoms with Crippen LogP contribution in [0.3, 0.4) is 0 Å². The number of aromatic nitrogens is 4. The lowest BCUT2D eigenvalue weighted by Crippen LogP contribution is -2.20. The first-order valence-electron chi connectivity index (χ1n) is 9.22. The number of hydrazone groups is 1. The first-order valence-corrected chi connectivity index (χ1v) is 11.5. The largest absolute Gasteiger partial charge is 0.272 e. The molecule has 7 nitrogen and oxygen atoms in total. The van der Waals surface area contributed by atoms with Crippen LogP contribution in [0.25, 0.3) is 17.1 Å². The molecule has 0 aliphatic heterocycles. The second-order valence-corrected chi connectivity index (χ2v) is 8.73. The Morgan fingerprint density at radius 3 is 2.68 bits per heavy atom. The van der Waals surface area contributed by atoms with E-state index in [1.807, 2.05) is 47.2 Å². The molecule has 10 heteroatoms. The van der Waals surface area contributed by atoms with Crippen molar-refractivity contribution < 1.29 is 4.79 Å². The van der Waals surface area contributed by atoms with Gasteiger partial charge in [0.05, 0.1) is 12.0 Å². The van der Waals surface area contributed by atoms with Gasteiger partial charge < -0.3 is 0 Å². The van der Waals surface area contributed by atoms with E-state index in [-0.39, 0.29) is 11.7 Å². The summed E-state index contributed by atoms with van der Waals surface area (Å²) in [5.41, 5.74) is 5.39. The van der Waals surface area contributed by atoms with Crippen molar-refractivity contribution in [3.63, 3.8) is 0 Å². The zero-order chi connectivity index (χ0) is 21.6. The van der Waals surface area contributed by atoms with Crippen LogP contribution >= 0.6 is 34.7 Å². The number of nitrogens with zero attached hydrogens (tertiary/aromatic N) is 5. The monoisotopic (exact) mass is 468 g/mol. The number of aryl methyl sites for hydroxylation is 1. The molecule has 0 unspecified atom stereocenters. The summed E-state index contributed by atoms with van der Waals surface area (Å²) in [5.74, 6) is 0.563. The fraction of sp³-hybridized carbons (Fsp3) is 0.0952. The van der Waals surface area contributed by atoms with Gasteiger partial charge in [0.1, 0.15) is 0 Å². The smallest absolute Gasteiger partial charge is 0.250 e. The van der Waals surface area contributed by atoms with E-state index in [2.05, 4.69) is 25.7 Å². The SMILES string of the molecule is Cc1ccsc1/C=N/NC(=O)CSc1nnc(-c2ccncc2)n1-c1ccc(Cl)cc1. The fourth-order valence-corrected chi connectivity index (χ4v) is 4.37. The summed E-state index contributed by atoms with van der Waals surface area (Å²) in [5, 5.41) is 15.9. The summed E-state index contributed by atoms with van der Waals surface area (Å²) < 4.78 is 1.89. The molecule has 0 radical (unpaired) electrons. The number of amides is 1. The van der Waals surface area contributed by atoms with Crippen molar-refractivity contribution in [2.24, 2.45) is 5.10 Å². The van der Waals surface area contributed by atoms with Crippen LogP contribution in [0.1, 0.15) is 10.4 Å². The fourth-order valence-electron chi connectivity index (χ4n) is 2.72. The normalized spacial score (nSPS) is 11.2. The number of hydrogen-bond acceptors (Lipinski definition) is 7. The zero-order valence-electron chi connectivity index (χ0n) is 16.4. The number of halogens is 1. The lowest BCUT2D eigenvalue weighted by molar-refractivity contribution is -0.118. The molecule has 0 saturated heterocycles. The third kappa shape index (κ3) is 5.19. The minimum absolute atomic E-state index is 0.142. The number of carbonyl (C=O) groups excluding carboxylic acids is 1. The van der Waals surface area contributed by atoms with Gasteiger partial charge in [-0.1, -0.05) is 23.4 Å². The Morgan fingerprint density at radius 1 is 1.19 bits per heavy atom. The highest BCUT2D eigenvalue weighted by Gasteiger charge is 2.17. The summed E-state index contributed by atoms with van der Waals surface area (Å²) >= 11 is 8.90. The summed E-state index contributed by atoms with van der Waals surface area (Å²) in [7, 11) is 0. The van der Waals surface area contributed by atoms with Gasteiger partial charge in [-0.2, -0.15) is 5.10 Å². The van der Waals surface area contributed by atoms with Gasteiger partial charge in [0.25, 0.3) is 5.91 Å². The van der Waals surface area contributed by atoms with Crippen LogP contribution in [-0.4, -0.2) is 37.6 Å². The maximum Gasteiger partial charge on any atom is 0.250 e. The number of carbonyl (C=O) groups is 1. The van der Waals surface area contributed by atoms with Crippen LogP contribution in [0.4, 0.5) is 0 Å². The van der Waals surface area contributed by atoms with Gasteiger partial charge in [0.15, 0.2) is 11.0 Å². The number of thiophene rings is 1. The van der Waals surface area contributed by atoms with E-state index in [1.54, 1.807) is 42.1 Å². The predicted molar refractivity (Wildman–Crippen MR) is 125 cm³/mol. The number of thioether (sulfide) groups is 1. The summed E-state index contributed by atoms with van der Waals surface area (Å²) in [4.78, 5) is 17.3. The van der Waals surface area contributed by atoms with Crippen molar-refractivity contribution in [2.45, 2.75) is 12.1 Å². The molecule has 3 heterocycles. The molecule has 3 aromatic heterocycles. The molecule has 1 N–H and O–H groups in total. The Balaban J connectivity index is 1.52. The minimum atomic E-state index is -0.230. The Hall–Kier alpha value is -3.01. The summed E-state index contributed by atoms with van der Waals surface area (Å²) in [6.45, 7) is 2.00. The van der Waals surface area contributed by atoms with Crippen LogP contribution in [-0.2, 0) is 4.79 Å². The molecular weight excluding hydrogens is 452 g/mol. The molecule has 4 rings (SSSR count). The molecule has 0 saturated carbocycles. The minimum Gasteiger partial charge on any atom is -0.272 e. The highest BCUT2D eigenvalue weighted by atomic mass is 35.5. The van der Waals surface area contributed by atoms with Crippen LogP contribution in [0.15, 0.2) is 70.5 Å². The van der Waals surface area contributed by atoms with Crippen LogP contribution in [0, 0.1) is 6.92 Å². The maximum atomic E-state index is 12.3. The number of rotatable bonds is 7. The zero-order valence-corrected chi connectivity index (χ0v) is 18.8. The molecular formula is C21H17ClN6OS2. The van der Waals surface area contributed by atoms with Crippen LogP contribution < -0.4 is 5.43 Å². The van der Waals surface area contributed by atoms with E-state index in [0.29, 0.717) is 16.0 Å². The Labute approximate surface area is 192 Å². The van der Waals surface area contributed by atoms with Gasteiger partial charge in [-0.25, -0.2) is 5.43 Å². The van der Waals surface area contributed by atoms with Crippen LogP contribution in [0.5, 0.6) is 0 Å². The molecule has 4 aromatic rings. The standard InChI is InChI=1S/C21H17ClN6OS2/c1-14-8-11-30-18(14)12-24-25-19(29)13-31-21-27-26-20(15-6-9-23-10-7-15)28(21)17-4-2-16(22)3-5-17/h2-12H,13H2,1H3,(H,25,29)/b24-12+. The third-order valence-corrected chi connectivity index (χ3v) is 6.40. The number of hydrogen-bond donors (Lipinski definition) is 1. The van der Waals surface area contributed by atoms with E-state index in [4.69, 9.17) is 11.6 Å². The maximum absolute atomic E-state index is 12.3. The van der Waals surface area contributed by atoms with Gasteiger partial charge >= 0.3 is 0 Å². The number of benzene rings is 1. The molecule has 0 aliphatic rings. The van der Waals surface area contributed by atoms with Crippen molar-refractivity contribution in [2.75, 3.05) is 5.75 Å². The van der Waals surface area contributed by atoms with E-state index in [9.17, 15) is 4.79 Å². The van der Waals surface area contributed by atoms with Gasteiger partial charge in [0, 0.05) is 33.5 Å². The lowest BCUT2D eigenvalue weighted by atomic mass is 10.2. The average molecular weight is 469 g/mol. The molecule has 31 heavy (non-hydrogen) atoms. The van der Waals surface area contributed by atoms with Crippen molar-refractivity contribution in [3.05, 3.63) is 75.7 Å². The molecule has 0 fully saturated rings. The highest BCUT2D eigenvalue weighted by molar-refractivity contribution is 7.99. The number of nitrogens with one attached hydrogen (secondary N) is 1. The van der Waals surface area contributed by atoms with Crippen molar-refractivity contribution >= 4 is 46.8 Å². The van der Waals surface area contributed by atoms with Gasteiger partial charge in [0.2, 0.25) is 0 Å². The van der Waals surface area contributed by atoms with E-state index < -0.39 is 0 Å². The van der Waals surface area contributed by atoms with Crippen LogP contribution in [0.2, 0.25) is 5.02 Å². The van der Waals surface area contributed by atoms with Gasteiger partial charge in [-0.05, 0) is 60.3 Å². The second kappa shape index (κ2) is 9.86. The first-order chi connectivity index (χ1) is 15.1. The molecule has 0 bridgehead atoms. The molecule has 1 aromatic carbocycles. The summed E-state index contributed by atoms with van der Waals surface area (Å²) in [6, 6.07) is 13.1. The Morgan fingerprint density at radius 2 is 1.97 bits per heavy atom. The third-order valence-electron chi connectivity index (χ3n) is 4.26. The average Bonchev–Trinajstić information content (AvgIpc) is 3.40. The Bertz CT molecular complexity index is 1200. The van der Waals surface area contributed by atoms with E-state index in [0.717, 1.165) is 21.7 Å². The Kier molecular flexibility index (Phi) is 6.76. The summed E-state index contributed by atoms with van der Waals surface area (Å²) in [6.07, 6.45) is 5.05. The van der Waals surface area contributed by atoms with E-state index >= 15 is 0 Å². The highest BCUT2D eigenvalue weighted by Crippen LogP contribution is 2.28. The lowest BCUT2D eigenvalue weighted by Gasteiger charge is -2.10. The quantitative estimate of drug-likeness (QED) is 0.243. The molecule has 0 aliphatic carbocycles. The van der Waals surface area contributed by atoms with Crippen molar-refractivity contribution in [1.29, 1.82) is 0 Å². The second-order valence-electron chi connectivity index (χ2n) is 6.40. The first kappa shape index (κ1) is 21.2. The van der Waals surface area contributed by atoms with Gasteiger partial charge in [-0.15, -0.1) is 21.5 Å². The topological polar surface area (TPSA) is 85.1 Å².